The number of carbonyl (C=O) groups excluding carboxylic acids is 2. The molecule has 0 aromatic heterocycles. The molecule has 0 spiro atoms. The Hall–Kier alpha value is -3.02. The molecule has 0 aliphatic carbocycles. The van der Waals surface area contributed by atoms with Crippen LogP contribution in [-0.4, -0.2) is 24.5 Å². The first-order valence-electron chi connectivity index (χ1n) is 8.98. The van der Waals surface area contributed by atoms with Crippen LogP contribution in [0.2, 0.25) is 0 Å². The van der Waals surface area contributed by atoms with Gasteiger partial charge in [0.1, 0.15) is 11.5 Å². The number of hydrogen-bond donors (Lipinski definition) is 2. The van der Waals surface area contributed by atoms with Crippen LogP contribution >= 0.6 is 0 Å². The van der Waals surface area contributed by atoms with Crippen molar-refractivity contribution in [2.24, 2.45) is 0 Å². The maximum absolute atomic E-state index is 12.6. The molecule has 0 bridgehead atoms. The van der Waals surface area contributed by atoms with E-state index in [0.717, 1.165) is 16.9 Å². The summed E-state index contributed by atoms with van der Waals surface area (Å²) >= 11 is 0. The van der Waals surface area contributed by atoms with Crippen LogP contribution in [0.25, 0.3) is 0 Å². The molecule has 142 valence electrons. The minimum atomic E-state index is -0.675. The third-order valence-electron chi connectivity index (χ3n) is 4.34. The number of rotatable bonds is 5. The summed E-state index contributed by atoms with van der Waals surface area (Å²) in [6, 6.07) is 11.1. The highest BCUT2D eigenvalue weighted by Gasteiger charge is 2.20. The van der Waals surface area contributed by atoms with E-state index in [2.05, 4.69) is 24.5 Å². The summed E-state index contributed by atoms with van der Waals surface area (Å²) in [4.78, 5) is 24.0. The molecule has 2 amide bonds. The molecule has 2 aromatic carbocycles. The van der Waals surface area contributed by atoms with E-state index >= 15 is 0 Å². The van der Waals surface area contributed by atoms with Crippen molar-refractivity contribution in [2.75, 3.05) is 17.2 Å². The van der Waals surface area contributed by atoms with E-state index in [1.807, 2.05) is 25.1 Å². The number of aryl methyl sites for hydroxylation is 1. The molecule has 1 atom stereocenters. The number of benzene rings is 2. The average Bonchev–Trinajstić information content (AvgIpc) is 2.61. The Morgan fingerprint density at radius 3 is 2.70 bits per heavy atom. The van der Waals surface area contributed by atoms with Gasteiger partial charge in [0.25, 0.3) is 11.8 Å². The van der Waals surface area contributed by atoms with E-state index in [4.69, 9.17) is 9.47 Å². The average molecular weight is 368 g/mol. The topological polar surface area (TPSA) is 76.7 Å². The third-order valence-corrected chi connectivity index (χ3v) is 4.34. The van der Waals surface area contributed by atoms with Gasteiger partial charge in [-0.25, -0.2) is 0 Å². The van der Waals surface area contributed by atoms with Gasteiger partial charge in [-0.1, -0.05) is 26.0 Å². The van der Waals surface area contributed by atoms with Gasteiger partial charge in [-0.3, -0.25) is 9.59 Å². The van der Waals surface area contributed by atoms with E-state index in [-0.39, 0.29) is 18.4 Å². The van der Waals surface area contributed by atoms with Gasteiger partial charge in [0, 0.05) is 5.69 Å². The first-order chi connectivity index (χ1) is 12.8. The first kappa shape index (κ1) is 18.8. The van der Waals surface area contributed by atoms with Crippen LogP contribution in [0.4, 0.5) is 11.4 Å². The Morgan fingerprint density at radius 2 is 1.96 bits per heavy atom. The highest BCUT2D eigenvalue weighted by Crippen LogP contribution is 2.31. The highest BCUT2D eigenvalue weighted by atomic mass is 16.5. The van der Waals surface area contributed by atoms with Gasteiger partial charge in [0.15, 0.2) is 12.7 Å². The quantitative estimate of drug-likeness (QED) is 0.840. The first-order valence-corrected chi connectivity index (χ1v) is 8.98. The van der Waals surface area contributed by atoms with E-state index < -0.39 is 6.10 Å². The highest BCUT2D eigenvalue weighted by molar-refractivity contribution is 5.98. The number of carbonyl (C=O) groups is 2. The summed E-state index contributed by atoms with van der Waals surface area (Å²) in [5.41, 5.74) is 3.24. The Kier molecular flexibility index (Phi) is 5.35. The fourth-order valence-corrected chi connectivity index (χ4v) is 2.87. The lowest BCUT2D eigenvalue weighted by Gasteiger charge is -2.21. The number of fused-ring (bicyclic) bond motifs is 1. The molecule has 0 fully saturated rings. The zero-order chi connectivity index (χ0) is 19.6. The van der Waals surface area contributed by atoms with Crippen molar-refractivity contribution in [1.82, 2.24) is 0 Å². The number of amides is 2. The molecule has 2 aromatic rings. The van der Waals surface area contributed by atoms with Crippen LogP contribution in [0.1, 0.15) is 37.8 Å². The standard InChI is InChI=1S/C21H24N2O4/c1-12(2)16-7-5-13(3)9-19(16)27-14(4)21(25)22-15-6-8-18-17(10-15)23-20(24)11-26-18/h5-10,12,14H,11H2,1-4H3,(H,22,25)(H,23,24)/t14-/m0/s1. The summed E-state index contributed by atoms with van der Waals surface area (Å²) in [6.07, 6.45) is -0.675. The number of anilines is 2. The van der Waals surface area contributed by atoms with Gasteiger partial charge in [-0.15, -0.1) is 0 Å². The molecular formula is C21H24N2O4. The van der Waals surface area contributed by atoms with Crippen LogP contribution in [0.3, 0.4) is 0 Å². The lowest BCUT2D eigenvalue weighted by molar-refractivity contribution is -0.122. The number of hydrogen-bond acceptors (Lipinski definition) is 4. The molecule has 0 saturated heterocycles. The van der Waals surface area contributed by atoms with Crippen molar-refractivity contribution < 1.29 is 19.1 Å². The van der Waals surface area contributed by atoms with Gasteiger partial charge < -0.3 is 20.1 Å². The summed E-state index contributed by atoms with van der Waals surface area (Å²) in [5, 5.41) is 5.54. The van der Waals surface area contributed by atoms with Crippen molar-refractivity contribution in [2.45, 2.75) is 39.7 Å². The predicted molar refractivity (Wildman–Crippen MR) is 105 cm³/mol. The molecule has 0 saturated carbocycles. The second-order valence-corrected chi connectivity index (χ2v) is 6.99. The van der Waals surface area contributed by atoms with Crippen molar-refractivity contribution >= 4 is 23.2 Å². The molecule has 6 nitrogen and oxygen atoms in total. The molecule has 0 unspecified atom stereocenters. The van der Waals surface area contributed by atoms with Crippen LogP contribution in [-0.2, 0) is 9.59 Å². The second-order valence-electron chi connectivity index (χ2n) is 6.99. The SMILES string of the molecule is Cc1ccc(C(C)C)c(O[C@@H](C)C(=O)Nc2ccc3c(c2)NC(=O)CO3)c1. The molecule has 3 rings (SSSR count). The Balaban J connectivity index is 1.71. The summed E-state index contributed by atoms with van der Waals surface area (Å²) < 4.78 is 11.3. The molecule has 2 N–H and O–H groups in total. The normalized spacial score (nSPS) is 14.0. The lowest BCUT2D eigenvalue weighted by Crippen LogP contribution is -2.31. The van der Waals surface area contributed by atoms with Crippen molar-refractivity contribution in [1.29, 1.82) is 0 Å². The zero-order valence-electron chi connectivity index (χ0n) is 16.0. The fourth-order valence-electron chi connectivity index (χ4n) is 2.87. The molecule has 0 radical (unpaired) electrons. The van der Waals surface area contributed by atoms with Gasteiger partial charge in [0.05, 0.1) is 5.69 Å². The van der Waals surface area contributed by atoms with Crippen LogP contribution in [0.5, 0.6) is 11.5 Å². The van der Waals surface area contributed by atoms with E-state index in [0.29, 0.717) is 23.0 Å². The Bertz CT molecular complexity index is 876. The summed E-state index contributed by atoms with van der Waals surface area (Å²) in [6.45, 7) is 7.88. The minimum absolute atomic E-state index is 0.00173. The van der Waals surface area contributed by atoms with Crippen LogP contribution < -0.4 is 20.1 Å². The van der Waals surface area contributed by atoms with Crippen molar-refractivity contribution in [3.8, 4) is 11.5 Å². The predicted octanol–water partition coefficient (Wildman–Crippen LogP) is 3.86. The molecule has 6 heteroatoms. The summed E-state index contributed by atoms with van der Waals surface area (Å²) in [5.74, 6) is 1.11. The summed E-state index contributed by atoms with van der Waals surface area (Å²) in [7, 11) is 0. The maximum atomic E-state index is 12.6. The molecule has 1 aliphatic heterocycles. The van der Waals surface area contributed by atoms with Gasteiger partial charge >= 0.3 is 0 Å². The largest absolute Gasteiger partial charge is 0.482 e. The lowest BCUT2D eigenvalue weighted by atomic mass is 10.0. The van der Waals surface area contributed by atoms with Gasteiger partial charge in [0.2, 0.25) is 0 Å². The Morgan fingerprint density at radius 1 is 1.19 bits per heavy atom. The smallest absolute Gasteiger partial charge is 0.265 e. The van der Waals surface area contributed by atoms with Crippen molar-refractivity contribution in [3.63, 3.8) is 0 Å². The molecule has 27 heavy (non-hydrogen) atoms. The Labute approximate surface area is 158 Å². The van der Waals surface area contributed by atoms with Gasteiger partial charge in [-0.05, 0) is 55.2 Å². The molecular weight excluding hydrogens is 344 g/mol. The van der Waals surface area contributed by atoms with Gasteiger partial charge in [-0.2, -0.15) is 0 Å². The van der Waals surface area contributed by atoms with E-state index in [1.54, 1.807) is 25.1 Å². The van der Waals surface area contributed by atoms with Crippen LogP contribution in [0.15, 0.2) is 36.4 Å². The minimum Gasteiger partial charge on any atom is -0.482 e. The second kappa shape index (κ2) is 7.70. The fraction of sp³-hybridized carbons (Fsp3) is 0.333. The third kappa shape index (κ3) is 4.39. The zero-order valence-corrected chi connectivity index (χ0v) is 16.0. The van der Waals surface area contributed by atoms with Crippen molar-refractivity contribution in [3.05, 3.63) is 47.5 Å². The van der Waals surface area contributed by atoms with Crippen LogP contribution in [0, 0.1) is 6.92 Å². The maximum Gasteiger partial charge on any atom is 0.265 e. The number of nitrogens with one attached hydrogen (secondary N) is 2. The van der Waals surface area contributed by atoms with E-state index in [9.17, 15) is 9.59 Å². The number of ether oxygens (including phenoxy) is 2. The molecule has 1 heterocycles. The monoisotopic (exact) mass is 368 g/mol. The molecule has 1 aliphatic rings. The van der Waals surface area contributed by atoms with E-state index in [1.165, 1.54) is 0 Å².